The Hall–Kier alpha value is -2.67. The van der Waals surface area contributed by atoms with Crippen molar-refractivity contribution in [1.82, 2.24) is 14.9 Å². The van der Waals surface area contributed by atoms with Crippen LogP contribution in [0.5, 0.6) is 0 Å². The number of hydrogen-bond donors (Lipinski definition) is 1. The summed E-state index contributed by atoms with van der Waals surface area (Å²) in [6.45, 7) is 3.29. The van der Waals surface area contributed by atoms with Gasteiger partial charge in [0.15, 0.2) is 0 Å². The minimum absolute atomic E-state index is 0.283. The zero-order valence-electron chi connectivity index (χ0n) is 16.3. The molecule has 6 nitrogen and oxygen atoms in total. The van der Waals surface area contributed by atoms with Crippen LogP contribution in [-0.4, -0.2) is 53.5 Å². The Morgan fingerprint density at radius 1 is 0.867 bits per heavy atom. The fourth-order valence-electron chi connectivity index (χ4n) is 3.52. The second-order valence-electron chi connectivity index (χ2n) is 7.17. The summed E-state index contributed by atoms with van der Waals surface area (Å²) in [6.07, 6.45) is 1.80. The van der Waals surface area contributed by atoms with E-state index in [1.165, 1.54) is 0 Å². The minimum Gasteiger partial charge on any atom is -0.369 e. The standard InChI is InChI=1S/C22H21Cl2N5O/c23-17-5-1-15(2-6-17)21-22(16-3-7-18(24)8-4-16)27-20(13-26-21)29-11-9-28(10-12-29)14-19(25)30/h1-8,13H,9-12,14H2,(H2,25,30). The van der Waals surface area contributed by atoms with E-state index in [0.717, 1.165) is 54.5 Å². The highest BCUT2D eigenvalue weighted by Gasteiger charge is 2.21. The molecule has 2 aromatic carbocycles. The van der Waals surface area contributed by atoms with Crippen LogP contribution in [0.1, 0.15) is 0 Å². The van der Waals surface area contributed by atoms with Crippen LogP contribution in [-0.2, 0) is 4.79 Å². The third-order valence-electron chi connectivity index (χ3n) is 5.07. The molecule has 8 heteroatoms. The summed E-state index contributed by atoms with van der Waals surface area (Å²) >= 11 is 12.1. The molecule has 0 unspecified atom stereocenters. The average Bonchev–Trinajstić information content (AvgIpc) is 2.75. The molecule has 0 aliphatic carbocycles. The number of aromatic nitrogens is 2. The van der Waals surface area contributed by atoms with Crippen molar-refractivity contribution in [3.8, 4) is 22.5 Å². The molecule has 0 bridgehead atoms. The van der Waals surface area contributed by atoms with Crippen molar-refractivity contribution in [3.63, 3.8) is 0 Å². The number of carbonyl (C=O) groups is 1. The molecular formula is C22H21Cl2N5O. The topological polar surface area (TPSA) is 75.4 Å². The molecule has 0 spiro atoms. The van der Waals surface area contributed by atoms with E-state index in [0.29, 0.717) is 10.0 Å². The lowest BCUT2D eigenvalue weighted by Crippen LogP contribution is -2.49. The van der Waals surface area contributed by atoms with Gasteiger partial charge in [-0.15, -0.1) is 0 Å². The molecule has 1 aromatic heterocycles. The molecule has 30 heavy (non-hydrogen) atoms. The Bertz CT molecular complexity index is 1030. The monoisotopic (exact) mass is 441 g/mol. The van der Waals surface area contributed by atoms with E-state index in [4.69, 9.17) is 38.9 Å². The maximum Gasteiger partial charge on any atom is 0.231 e. The van der Waals surface area contributed by atoms with Crippen molar-refractivity contribution < 1.29 is 4.79 Å². The molecule has 2 heterocycles. The van der Waals surface area contributed by atoms with Crippen LogP contribution in [0, 0.1) is 0 Å². The molecule has 1 fully saturated rings. The van der Waals surface area contributed by atoms with E-state index < -0.39 is 0 Å². The number of halogens is 2. The Morgan fingerprint density at radius 3 is 1.93 bits per heavy atom. The smallest absolute Gasteiger partial charge is 0.231 e. The summed E-state index contributed by atoms with van der Waals surface area (Å²) in [5, 5.41) is 1.34. The van der Waals surface area contributed by atoms with Gasteiger partial charge in [-0.3, -0.25) is 14.7 Å². The Balaban J connectivity index is 1.67. The van der Waals surface area contributed by atoms with Crippen LogP contribution < -0.4 is 10.6 Å². The maximum absolute atomic E-state index is 11.2. The second kappa shape index (κ2) is 9.00. The Labute approximate surface area is 185 Å². The molecule has 1 saturated heterocycles. The first-order chi connectivity index (χ1) is 14.5. The van der Waals surface area contributed by atoms with E-state index in [1.807, 2.05) is 48.5 Å². The molecular weight excluding hydrogens is 421 g/mol. The third-order valence-corrected chi connectivity index (χ3v) is 5.57. The van der Waals surface area contributed by atoms with E-state index in [2.05, 4.69) is 9.80 Å². The van der Waals surface area contributed by atoms with E-state index >= 15 is 0 Å². The maximum atomic E-state index is 11.2. The van der Waals surface area contributed by atoms with Gasteiger partial charge in [0.2, 0.25) is 5.91 Å². The summed E-state index contributed by atoms with van der Waals surface area (Å²) in [7, 11) is 0. The fraction of sp³-hybridized carbons (Fsp3) is 0.227. The number of piperazine rings is 1. The van der Waals surface area contributed by atoms with Gasteiger partial charge in [-0.25, -0.2) is 4.98 Å². The Morgan fingerprint density at radius 2 is 1.40 bits per heavy atom. The van der Waals surface area contributed by atoms with Gasteiger partial charge >= 0.3 is 0 Å². The number of benzene rings is 2. The lowest BCUT2D eigenvalue weighted by Gasteiger charge is -2.34. The summed E-state index contributed by atoms with van der Waals surface area (Å²) in [5.41, 5.74) is 8.75. The van der Waals surface area contributed by atoms with Crippen molar-refractivity contribution in [2.75, 3.05) is 37.6 Å². The van der Waals surface area contributed by atoms with Crippen LogP contribution in [0.4, 0.5) is 5.82 Å². The van der Waals surface area contributed by atoms with E-state index in [1.54, 1.807) is 6.20 Å². The first-order valence-corrected chi connectivity index (χ1v) is 10.4. The van der Waals surface area contributed by atoms with Crippen LogP contribution in [0.3, 0.4) is 0 Å². The zero-order valence-corrected chi connectivity index (χ0v) is 17.8. The highest BCUT2D eigenvalue weighted by molar-refractivity contribution is 6.31. The highest BCUT2D eigenvalue weighted by atomic mass is 35.5. The molecule has 1 aliphatic rings. The van der Waals surface area contributed by atoms with E-state index in [9.17, 15) is 4.79 Å². The largest absolute Gasteiger partial charge is 0.369 e. The van der Waals surface area contributed by atoms with Gasteiger partial charge in [0.25, 0.3) is 0 Å². The Kier molecular flexibility index (Phi) is 6.18. The number of primary amides is 1. The first-order valence-electron chi connectivity index (χ1n) is 9.64. The van der Waals surface area contributed by atoms with Crippen molar-refractivity contribution in [3.05, 3.63) is 64.8 Å². The number of rotatable bonds is 5. The van der Waals surface area contributed by atoms with Gasteiger partial charge in [-0.1, -0.05) is 47.5 Å². The molecule has 0 radical (unpaired) electrons. The number of nitrogens with two attached hydrogens (primary N) is 1. The van der Waals surface area contributed by atoms with Crippen molar-refractivity contribution in [2.45, 2.75) is 0 Å². The number of amides is 1. The molecule has 4 rings (SSSR count). The van der Waals surface area contributed by atoms with Gasteiger partial charge < -0.3 is 10.6 Å². The first kappa shape index (κ1) is 20.6. The van der Waals surface area contributed by atoms with Crippen molar-refractivity contribution in [2.24, 2.45) is 5.73 Å². The van der Waals surface area contributed by atoms with Gasteiger partial charge in [-0.2, -0.15) is 0 Å². The zero-order chi connectivity index (χ0) is 21.1. The van der Waals surface area contributed by atoms with Gasteiger partial charge in [-0.05, 0) is 24.3 Å². The third kappa shape index (κ3) is 4.73. The molecule has 1 aliphatic heterocycles. The lowest BCUT2D eigenvalue weighted by atomic mass is 10.0. The average molecular weight is 442 g/mol. The predicted molar refractivity (Wildman–Crippen MR) is 121 cm³/mol. The van der Waals surface area contributed by atoms with Crippen LogP contribution >= 0.6 is 23.2 Å². The van der Waals surface area contributed by atoms with Gasteiger partial charge in [0, 0.05) is 47.4 Å². The summed E-state index contributed by atoms with van der Waals surface area (Å²) in [5.74, 6) is 0.497. The van der Waals surface area contributed by atoms with Crippen LogP contribution in [0.2, 0.25) is 10.0 Å². The summed E-state index contributed by atoms with van der Waals surface area (Å²) in [4.78, 5) is 25.1. The van der Waals surface area contributed by atoms with Gasteiger partial charge in [0.1, 0.15) is 5.82 Å². The summed E-state index contributed by atoms with van der Waals surface area (Å²) in [6, 6.07) is 15.1. The molecule has 1 amide bonds. The second-order valence-corrected chi connectivity index (χ2v) is 8.04. The van der Waals surface area contributed by atoms with E-state index in [-0.39, 0.29) is 12.5 Å². The normalized spacial score (nSPS) is 14.7. The SMILES string of the molecule is NC(=O)CN1CCN(c2cnc(-c3ccc(Cl)cc3)c(-c3ccc(Cl)cc3)n2)CC1. The number of anilines is 1. The van der Waals surface area contributed by atoms with Crippen molar-refractivity contribution in [1.29, 1.82) is 0 Å². The summed E-state index contributed by atoms with van der Waals surface area (Å²) < 4.78 is 0. The molecule has 3 aromatic rings. The van der Waals surface area contributed by atoms with Crippen LogP contribution in [0.15, 0.2) is 54.7 Å². The predicted octanol–water partition coefficient (Wildman–Crippen LogP) is 3.72. The highest BCUT2D eigenvalue weighted by Crippen LogP contribution is 2.32. The lowest BCUT2D eigenvalue weighted by molar-refractivity contribution is -0.119. The minimum atomic E-state index is -0.305. The van der Waals surface area contributed by atoms with Gasteiger partial charge in [0.05, 0.1) is 24.1 Å². The molecule has 154 valence electrons. The molecule has 2 N–H and O–H groups in total. The number of hydrogen-bond acceptors (Lipinski definition) is 5. The fourth-order valence-corrected chi connectivity index (χ4v) is 3.77. The number of nitrogens with zero attached hydrogens (tertiary/aromatic N) is 4. The van der Waals surface area contributed by atoms with Crippen molar-refractivity contribution >= 4 is 34.9 Å². The quantitative estimate of drug-likeness (QED) is 0.652. The van der Waals surface area contributed by atoms with Crippen LogP contribution in [0.25, 0.3) is 22.5 Å². The number of carbonyl (C=O) groups excluding carboxylic acids is 1. The molecule has 0 atom stereocenters. The molecule has 0 saturated carbocycles.